The van der Waals surface area contributed by atoms with E-state index in [1.165, 1.54) is 22.5 Å². The van der Waals surface area contributed by atoms with Crippen molar-refractivity contribution in [1.82, 2.24) is 25.2 Å². The molecule has 1 N–H and O–H groups in total. The molecule has 26 heavy (non-hydrogen) atoms. The Hall–Kier alpha value is -3.35. The molecular formula is C19H16FN5O. The van der Waals surface area contributed by atoms with Crippen molar-refractivity contribution in [3.05, 3.63) is 65.6 Å². The summed E-state index contributed by atoms with van der Waals surface area (Å²) >= 11 is 0. The lowest BCUT2D eigenvalue weighted by Crippen LogP contribution is -2.13. The Morgan fingerprint density at radius 2 is 2.00 bits per heavy atom. The van der Waals surface area contributed by atoms with Gasteiger partial charge in [0.2, 0.25) is 5.82 Å². The molecule has 0 amide bonds. The van der Waals surface area contributed by atoms with Gasteiger partial charge in [-0.1, -0.05) is 25.1 Å². The highest BCUT2D eigenvalue weighted by Gasteiger charge is 2.16. The summed E-state index contributed by atoms with van der Waals surface area (Å²) in [5.41, 5.74) is 3.40. The van der Waals surface area contributed by atoms with Crippen LogP contribution in [-0.4, -0.2) is 31.0 Å². The van der Waals surface area contributed by atoms with Gasteiger partial charge in [0, 0.05) is 28.2 Å². The quantitative estimate of drug-likeness (QED) is 0.560. The lowest BCUT2D eigenvalue weighted by molar-refractivity contribution is 0.0963. The van der Waals surface area contributed by atoms with Gasteiger partial charge in [0.25, 0.3) is 0 Å². The number of aryl methyl sites for hydroxylation is 1. The first-order chi connectivity index (χ1) is 12.7. The predicted octanol–water partition coefficient (Wildman–Crippen LogP) is 3.41. The Labute approximate surface area is 148 Å². The Morgan fingerprint density at radius 3 is 2.77 bits per heavy atom. The summed E-state index contributed by atoms with van der Waals surface area (Å²) in [7, 11) is 0. The summed E-state index contributed by atoms with van der Waals surface area (Å²) in [6.45, 7) is 2.06. The molecule has 2 aromatic heterocycles. The molecule has 2 heterocycles. The van der Waals surface area contributed by atoms with E-state index in [2.05, 4.69) is 27.3 Å². The fraction of sp³-hybridized carbons (Fsp3) is 0.158. The molecule has 0 atom stereocenters. The van der Waals surface area contributed by atoms with Gasteiger partial charge in [-0.05, 0) is 41.5 Å². The lowest BCUT2D eigenvalue weighted by Gasteiger charge is -2.01. The number of tetrazole rings is 1. The third-order valence-electron chi connectivity index (χ3n) is 4.32. The van der Waals surface area contributed by atoms with Crippen LogP contribution >= 0.6 is 0 Å². The van der Waals surface area contributed by atoms with Crippen LogP contribution in [0.5, 0.6) is 0 Å². The highest BCUT2D eigenvalue weighted by atomic mass is 19.1. The summed E-state index contributed by atoms with van der Waals surface area (Å²) in [5.74, 6) is -0.0836. The highest BCUT2D eigenvalue weighted by Crippen LogP contribution is 2.23. The molecule has 0 fully saturated rings. The summed E-state index contributed by atoms with van der Waals surface area (Å²) in [6, 6.07) is 11.7. The number of para-hydroxylation sites is 1. The molecule has 0 bridgehead atoms. The van der Waals surface area contributed by atoms with Crippen LogP contribution in [0.25, 0.3) is 22.3 Å². The predicted molar refractivity (Wildman–Crippen MR) is 95.2 cm³/mol. The van der Waals surface area contributed by atoms with Gasteiger partial charge in [0.1, 0.15) is 12.4 Å². The van der Waals surface area contributed by atoms with Crippen molar-refractivity contribution >= 4 is 16.7 Å². The van der Waals surface area contributed by atoms with Crippen LogP contribution in [0.3, 0.4) is 0 Å². The Bertz CT molecular complexity index is 1080. The highest BCUT2D eigenvalue weighted by molar-refractivity contribution is 6.08. The van der Waals surface area contributed by atoms with E-state index < -0.39 is 0 Å². The summed E-state index contributed by atoms with van der Waals surface area (Å²) in [6.07, 6.45) is 2.61. The topological polar surface area (TPSA) is 76.5 Å². The Balaban J connectivity index is 1.58. The van der Waals surface area contributed by atoms with Crippen molar-refractivity contribution in [3.63, 3.8) is 0 Å². The van der Waals surface area contributed by atoms with E-state index in [0.717, 1.165) is 17.3 Å². The maximum Gasteiger partial charge on any atom is 0.204 e. The van der Waals surface area contributed by atoms with Crippen molar-refractivity contribution in [1.29, 1.82) is 0 Å². The number of aromatic nitrogens is 5. The number of nitrogens with one attached hydrogen (secondary N) is 1. The molecule has 0 radical (unpaired) electrons. The minimum Gasteiger partial charge on any atom is -0.360 e. The SMILES string of the molecule is CCc1cccc2c(C(=O)Cn3nnc(-c4ccc(F)cc4)n3)c[nH]c12. The third-order valence-corrected chi connectivity index (χ3v) is 4.32. The monoisotopic (exact) mass is 349 g/mol. The van der Waals surface area contributed by atoms with Crippen molar-refractivity contribution in [2.24, 2.45) is 0 Å². The second kappa shape index (κ2) is 6.51. The molecule has 7 heteroatoms. The number of carbonyl (C=O) groups excluding carboxylic acids is 1. The molecule has 6 nitrogen and oxygen atoms in total. The molecule has 4 aromatic rings. The maximum atomic E-state index is 13.0. The van der Waals surface area contributed by atoms with Gasteiger partial charge in [0.05, 0.1) is 0 Å². The number of nitrogens with zero attached hydrogens (tertiary/aromatic N) is 4. The van der Waals surface area contributed by atoms with E-state index in [9.17, 15) is 9.18 Å². The zero-order chi connectivity index (χ0) is 18.1. The number of aromatic amines is 1. The lowest BCUT2D eigenvalue weighted by atomic mass is 10.1. The summed E-state index contributed by atoms with van der Waals surface area (Å²) in [4.78, 5) is 17.1. The first-order valence-corrected chi connectivity index (χ1v) is 8.31. The normalized spacial score (nSPS) is 11.2. The van der Waals surface area contributed by atoms with Crippen LogP contribution in [-0.2, 0) is 13.0 Å². The van der Waals surface area contributed by atoms with Gasteiger partial charge in [-0.3, -0.25) is 4.79 Å². The molecular weight excluding hydrogens is 333 g/mol. The molecule has 2 aromatic carbocycles. The smallest absolute Gasteiger partial charge is 0.204 e. The summed E-state index contributed by atoms with van der Waals surface area (Å²) < 4.78 is 13.0. The number of H-pyrrole nitrogens is 1. The molecule has 130 valence electrons. The largest absolute Gasteiger partial charge is 0.360 e. The van der Waals surface area contributed by atoms with E-state index in [1.807, 2.05) is 18.2 Å². The minimum absolute atomic E-state index is 0.0164. The van der Waals surface area contributed by atoms with Crippen molar-refractivity contribution in [3.8, 4) is 11.4 Å². The van der Waals surface area contributed by atoms with Crippen molar-refractivity contribution in [2.75, 3.05) is 0 Å². The van der Waals surface area contributed by atoms with E-state index >= 15 is 0 Å². The van der Waals surface area contributed by atoms with Crippen LogP contribution in [0.1, 0.15) is 22.8 Å². The number of hydrogen-bond donors (Lipinski definition) is 1. The first kappa shape index (κ1) is 16.1. The van der Waals surface area contributed by atoms with Crippen LogP contribution < -0.4 is 0 Å². The van der Waals surface area contributed by atoms with Crippen LogP contribution in [0.2, 0.25) is 0 Å². The number of Topliss-reactive ketones (excluding diaryl/α,β-unsaturated/α-hetero) is 1. The Morgan fingerprint density at radius 1 is 1.19 bits per heavy atom. The standard InChI is InChI=1S/C19H16FN5O/c1-2-12-4-3-5-15-16(10-21-18(12)15)17(26)11-25-23-19(22-24-25)13-6-8-14(20)9-7-13/h3-10,21H,2,11H2,1H3. The number of rotatable bonds is 5. The van der Waals surface area contributed by atoms with E-state index in [0.29, 0.717) is 17.0 Å². The number of carbonyl (C=O) groups is 1. The van der Waals surface area contributed by atoms with E-state index in [4.69, 9.17) is 0 Å². The number of ketones is 1. The Kier molecular flexibility index (Phi) is 4.04. The molecule has 0 saturated heterocycles. The molecule has 4 rings (SSSR count). The molecule has 0 aliphatic rings. The average molecular weight is 349 g/mol. The number of benzene rings is 2. The number of halogens is 1. The molecule has 0 aliphatic carbocycles. The second-order valence-electron chi connectivity index (χ2n) is 5.97. The number of hydrogen-bond acceptors (Lipinski definition) is 4. The molecule has 0 aliphatic heterocycles. The van der Waals surface area contributed by atoms with E-state index in [1.54, 1.807) is 18.3 Å². The second-order valence-corrected chi connectivity index (χ2v) is 5.97. The van der Waals surface area contributed by atoms with Gasteiger partial charge in [-0.2, -0.15) is 4.80 Å². The third kappa shape index (κ3) is 2.88. The van der Waals surface area contributed by atoms with Crippen molar-refractivity contribution < 1.29 is 9.18 Å². The van der Waals surface area contributed by atoms with Gasteiger partial charge in [-0.25, -0.2) is 4.39 Å². The van der Waals surface area contributed by atoms with Gasteiger partial charge in [0.15, 0.2) is 5.78 Å². The average Bonchev–Trinajstić information content (AvgIpc) is 3.29. The fourth-order valence-electron chi connectivity index (χ4n) is 2.98. The number of fused-ring (bicyclic) bond motifs is 1. The molecule has 0 saturated carbocycles. The fourth-order valence-corrected chi connectivity index (χ4v) is 2.98. The van der Waals surface area contributed by atoms with Gasteiger partial charge >= 0.3 is 0 Å². The molecule has 0 spiro atoms. The minimum atomic E-state index is -0.331. The van der Waals surface area contributed by atoms with Gasteiger partial charge < -0.3 is 4.98 Å². The summed E-state index contributed by atoms with van der Waals surface area (Å²) in [5, 5.41) is 13.0. The first-order valence-electron chi connectivity index (χ1n) is 8.31. The van der Waals surface area contributed by atoms with Crippen molar-refractivity contribution in [2.45, 2.75) is 19.9 Å². The van der Waals surface area contributed by atoms with E-state index in [-0.39, 0.29) is 18.1 Å². The van der Waals surface area contributed by atoms with Crippen LogP contribution in [0.4, 0.5) is 4.39 Å². The van der Waals surface area contributed by atoms with Crippen LogP contribution in [0, 0.1) is 5.82 Å². The zero-order valence-electron chi connectivity index (χ0n) is 14.1. The maximum absolute atomic E-state index is 13.0. The van der Waals surface area contributed by atoms with Gasteiger partial charge in [-0.15, -0.1) is 10.2 Å². The van der Waals surface area contributed by atoms with Crippen LogP contribution in [0.15, 0.2) is 48.7 Å². The molecule has 0 unspecified atom stereocenters. The zero-order valence-corrected chi connectivity index (χ0v) is 14.1.